The van der Waals surface area contributed by atoms with Crippen LogP contribution in [0.2, 0.25) is 0 Å². The van der Waals surface area contributed by atoms with E-state index in [-0.39, 0.29) is 54.6 Å². The zero-order chi connectivity index (χ0) is 26.7. The molecule has 5 aromatic rings. The van der Waals surface area contributed by atoms with E-state index in [1.807, 2.05) is 79.7 Å². The van der Waals surface area contributed by atoms with Crippen LogP contribution in [0, 0.1) is 13.8 Å². The number of H-pyrrole nitrogens is 1. The molecular weight excluding hydrogens is 514 g/mol. The number of hydrogen-bond donors (Lipinski definition) is 2. The van der Waals surface area contributed by atoms with Crippen molar-refractivity contribution in [1.82, 2.24) is 30.6 Å². The number of rotatable bonds is 7. The van der Waals surface area contributed by atoms with Crippen LogP contribution in [0.15, 0.2) is 72.8 Å². The van der Waals surface area contributed by atoms with E-state index >= 15 is 0 Å². The molecule has 194 valence electrons. The largest absolute Gasteiger partial charge is 1.00 e. The van der Waals surface area contributed by atoms with Gasteiger partial charge in [-0.3, -0.25) is 0 Å². The number of tetrazole rings is 1. The number of anilines is 1. The van der Waals surface area contributed by atoms with Crippen LogP contribution in [0.5, 0.6) is 0 Å². The fraction of sp³-hybridized carbons (Fsp3) is 0.179. The predicted molar refractivity (Wildman–Crippen MR) is 139 cm³/mol. The Balaban J connectivity index is 0.00000220. The van der Waals surface area contributed by atoms with Crippen LogP contribution in [0.25, 0.3) is 22.5 Å². The van der Waals surface area contributed by atoms with E-state index in [1.165, 1.54) is 6.92 Å². The van der Waals surface area contributed by atoms with E-state index < -0.39 is 11.9 Å². The number of benzene rings is 3. The van der Waals surface area contributed by atoms with Crippen molar-refractivity contribution in [1.29, 1.82) is 0 Å². The fourth-order valence-electron chi connectivity index (χ4n) is 4.36. The van der Waals surface area contributed by atoms with Crippen molar-refractivity contribution >= 4 is 5.82 Å². The summed E-state index contributed by atoms with van der Waals surface area (Å²) in [6, 6.07) is 22.9. The average molecular weight is 540 g/mol. The summed E-state index contributed by atoms with van der Waals surface area (Å²) in [5, 5.41) is 17.4. The minimum absolute atomic E-state index is 0. The monoisotopic (exact) mass is 539 g/mol. The van der Waals surface area contributed by atoms with Crippen molar-refractivity contribution in [3.63, 3.8) is 0 Å². The molecule has 5 rings (SSSR count). The Hall–Kier alpha value is -3.60. The number of alkyl halides is 3. The Morgan fingerprint density at radius 3 is 2.28 bits per heavy atom. The molecule has 2 N–H and O–H groups in total. The van der Waals surface area contributed by atoms with Gasteiger partial charge in [0.2, 0.25) is 5.82 Å². The molecule has 2 heterocycles. The second-order valence-electron chi connectivity index (χ2n) is 8.94. The van der Waals surface area contributed by atoms with Crippen molar-refractivity contribution < 1.29 is 44.2 Å². The molecule has 0 saturated heterocycles. The first kappa shape index (κ1) is 28.4. The van der Waals surface area contributed by atoms with Gasteiger partial charge in [0, 0.05) is 24.1 Å². The maximum Gasteiger partial charge on any atom is 1.00 e. The molecule has 0 radical (unpaired) electrons. The van der Waals surface area contributed by atoms with E-state index in [9.17, 15) is 13.2 Å². The molecular formula is C28H25F3N7Na. The third-order valence-electron chi connectivity index (χ3n) is 6.09. The molecule has 7 nitrogen and oxygen atoms in total. The van der Waals surface area contributed by atoms with E-state index in [2.05, 4.69) is 35.9 Å². The van der Waals surface area contributed by atoms with Gasteiger partial charge in [0.1, 0.15) is 11.6 Å². The second-order valence-corrected chi connectivity index (χ2v) is 8.94. The molecule has 0 aliphatic rings. The van der Waals surface area contributed by atoms with Gasteiger partial charge < -0.3 is 6.74 Å². The van der Waals surface area contributed by atoms with Crippen LogP contribution in [0.1, 0.15) is 35.2 Å². The Bertz CT molecular complexity index is 1560. The number of nitrogens with zero attached hydrogens (tertiary/aromatic N) is 5. The minimum atomic E-state index is -4.60. The van der Waals surface area contributed by atoms with Crippen LogP contribution >= 0.6 is 0 Å². The molecule has 0 unspecified atom stereocenters. The average Bonchev–Trinajstić information content (AvgIpc) is 3.43. The van der Waals surface area contributed by atoms with Crippen LogP contribution < -0.4 is 34.9 Å². The normalized spacial score (nSPS) is 11.2. The zero-order valence-electron chi connectivity index (χ0n) is 22.7. The minimum Gasteiger partial charge on any atom is -1.00 e. The molecule has 0 amide bonds. The standard InChI is InChI=1S/C28H24F3N7.Na.H/c1-17-6-5-7-20(14-17)15-24-25(28(29,30)31)33-18(2)34-26(24)32-16-19-10-12-21(13-11-19)22-8-3-4-9-23(22)27-35-37-38-36-27;;/h3-14H,15-16H2,1-2H3,(H,32,33,34)(H,35,36,37,38);;/q;+1;-1. The predicted octanol–water partition coefficient (Wildman–Crippen LogP) is 3.28. The Morgan fingerprint density at radius 1 is 0.872 bits per heavy atom. The van der Waals surface area contributed by atoms with Gasteiger partial charge in [0.05, 0.1) is 0 Å². The Labute approximate surface area is 247 Å². The van der Waals surface area contributed by atoms with Crippen molar-refractivity contribution in [2.24, 2.45) is 0 Å². The SMILES string of the molecule is Cc1cccc(Cc2c(NCc3ccc(-c4ccccc4-c4nn[nH]n4)cc3)nc(C)nc2C(F)(F)F)c1.[H-].[Na+]. The van der Waals surface area contributed by atoms with Crippen LogP contribution in [-0.4, -0.2) is 30.6 Å². The molecule has 0 spiro atoms. The number of aryl methyl sites for hydroxylation is 2. The number of nitrogens with one attached hydrogen (secondary N) is 2. The quantitative estimate of drug-likeness (QED) is 0.309. The summed E-state index contributed by atoms with van der Waals surface area (Å²) in [7, 11) is 0. The fourth-order valence-corrected chi connectivity index (χ4v) is 4.36. The molecule has 2 aromatic heterocycles. The van der Waals surface area contributed by atoms with Gasteiger partial charge in [0.25, 0.3) is 0 Å². The maximum absolute atomic E-state index is 14.0. The molecule has 3 aromatic carbocycles. The number of hydrogen-bond acceptors (Lipinski definition) is 6. The molecule has 39 heavy (non-hydrogen) atoms. The topological polar surface area (TPSA) is 92.3 Å². The molecule has 11 heteroatoms. The van der Waals surface area contributed by atoms with E-state index in [1.54, 1.807) is 0 Å². The summed E-state index contributed by atoms with van der Waals surface area (Å²) < 4.78 is 41.9. The number of aromatic nitrogens is 6. The summed E-state index contributed by atoms with van der Waals surface area (Å²) in [6.07, 6.45) is -4.54. The first-order valence-electron chi connectivity index (χ1n) is 11.9. The maximum atomic E-state index is 14.0. The Kier molecular flexibility index (Phi) is 8.79. The molecule has 0 bridgehead atoms. The third kappa shape index (κ3) is 6.70. The van der Waals surface area contributed by atoms with Gasteiger partial charge in [-0.1, -0.05) is 78.4 Å². The summed E-state index contributed by atoms with van der Waals surface area (Å²) >= 11 is 0. The van der Waals surface area contributed by atoms with Gasteiger partial charge in [-0.2, -0.15) is 18.4 Å². The van der Waals surface area contributed by atoms with E-state index in [0.29, 0.717) is 12.4 Å². The molecule has 0 saturated carbocycles. The summed E-state index contributed by atoms with van der Waals surface area (Å²) in [5.74, 6) is 0.728. The Morgan fingerprint density at radius 2 is 1.62 bits per heavy atom. The number of halogens is 3. The van der Waals surface area contributed by atoms with Crippen LogP contribution in [-0.2, 0) is 19.1 Å². The first-order chi connectivity index (χ1) is 18.3. The van der Waals surface area contributed by atoms with E-state index in [0.717, 1.165) is 33.4 Å². The van der Waals surface area contributed by atoms with Gasteiger partial charge in [-0.25, -0.2) is 9.97 Å². The van der Waals surface area contributed by atoms with Gasteiger partial charge in [-0.05, 0) is 41.3 Å². The van der Waals surface area contributed by atoms with Crippen molar-refractivity contribution in [2.75, 3.05) is 5.32 Å². The second kappa shape index (κ2) is 12.1. The first-order valence-corrected chi connectivity index (χ1v) is 11.9. The number of aromatic amines is 1. The smallest absolute Gasteiger partial charge is 1.00 e. The van der Waals surface area contributed by atoms with Crippen molar-refractivity contribution in [3.05, 3.63) is 107 Å². The summed E-state index contributed by atoms with van der Waals surface area (Å²) in [6.45, 7) is 3.66. The molecule has 0 aliphatic carbocycles. The van der Waals surface area contributed by atoms with Crippen molar-refractivity contribution in [3.8, 4) is 22.5 Å². The molecule has 0 fully saturated rings. The van der Waals surface area contributed by atoms with E-state index in [4.69, 9.17) is 0 Å². The third-order valence-corrected chi connectivity index (χ3v) is 6.09. The molecule has 0 aliphatic heterocycles. The summed E-state index contributed by atoms with van der Waals surface area (Å²) in [5.41, 5.74) is 4.46. The van der Waals surface area contributed by atoms with Crippen LogP contribution in [0.3, 0.4) is 0 Å². The van der Waals surface area contributed by atoms with Crippen LogP contribution in [0.4, 0.5) is 19.0 Å². The zero-order valence-corrected chi connectivity index (χ0v) is 23.7. The van der Waals surface area contributed by atoms with Gasteiger partial charge in [-0.15, -0.1) is 10.2 Å². The van der Waals surface area contributed by atoms with Crippen molar-refractivity contribution in [2.45, 2.75) is 33.0 Å². The molecule has 0 atom stereocenters. The van der Waals surface area contributed by atoms with Gasteiger partial charge in [0.15, 0.2) is 5.69 Å². The summed E-state index contributed by atoms with van der Waals surface area (Å²) in [4.78, 5) is 8.10. The van der Waals surface area contributed by atoms with Gasteiger partial charge >= 0.3 is 35.7 Å².